The van der Waals surface area contributed by atoms with Crippen molar-refractivity contribution in [2.24, 2.45) is 0 Å². The summed E-state index contributed by atoms with van der Waals surface area (Å²) in [4.78, 5) is 12.7. The van der Waals surface area contributed by atoms with Gasteiger partial charge in [0.1, 0.15) is 5.76 Å². The molecule has 0 unspecified atom stereocenters. The van der Waals surface area contributed by atoms with Crippen molar-refractivity contribution in [3.8, 4) is 0 Å². The zero-order valence-electron chi connectivity index (χ0n) is 12.6. The molecule has 0 spiro atoms. The smallest absolute Gasteiger partial charge is 0.287 e. The van der Waals surface area contributed by atoms with Gasteiger partial charge in [-0.3, -0.25) is 9.00 Å². The lowest BCUT2D eigenvalue weighted by molar-refractivity contribution is 0.0908. The maximum Gasteiger partial charge on any atom is 0.287 e. The van der Waals surface area contributed by atoms with Crippen molar-refractivity contribution in [2.75, 3.05) is 0 Å². The number of nitrogens with one attached hydrogen (secondary N) is 1. The third-order valence-electron chi connectivity index (χ3n) is 3.93. The molecule has 1 aromatic carbocycles. The van der Waals surface area contributed by atoms with Crippen molar-refractivity contribution in [1.29, 1.82) is 0 Å². The molecule has 1 N–H and O–H groups in total. The number of carbonyl (C=O) groups is 1. The first-order chi connectivity index (χ1) is 11.1. The van der Waals surface area contributed by atoms with Crippen LogP contribution in [0.1, 0.15) is 42.0 Å². The topological polar surface area (TPSA) is 59.3 Å². The Bertz CT molecular complexity index is 722. The first-order valence-corrected chi connectivity index (χ1v) is 9.35. The molecule has 0 aliphatic heterocycles. The first-order valence-electron chi connectivity index (χ1n) is 7.66. The molecule has 2 aromatic rings. The molecule has 1 heterocycles. The molecule has 1 amide bonds. The van der Waals surface area contributed by atoms with Gasteiger partial charge in [-0.05, 0) is 37.1 Å². The Balaban J connectivity index is 1.64. The summed E-state index contributed by atoms with van der Waals surface area (Å²) < 4.78 is 17.9. The molecule has 3 rings (SSSR count). The van der Waals surface area contributed by atoms with Crippen LogP contribution in [0, 0.1) is 0 Å². The van der Waals surface area contributed by atoms with Gasteiger partial charge in [0.15, 0.2) is 5.76 Å². The third-order valence-corrected chi connectivity index (χ3v) is 5.77. The van der Waals surface area contributed by atoms with E-state index in [1.54, 1.807) is 36.4 Å². The molecule has 1 aromatic heterocycles. The van der Waals surface area contributed by atoms with Crippen LogP contribution < -0.4 is 5.32 Å². The first kappa shape index (κ1) is 16.3. The zero-order valence-corrected chi connectivity index (χ0v) is 14.2. The Kier molecular flexibility index (Phi) is 5.18. The molecule has 0 saturated heterocycles. The summed E-state index contributed by atoms with van der Waals surface area (Å²) in [6, 6.07) is 10.6. The Morgan fingerprint density at radius 2 is 1.96 bits per heavy atom. The Morgan fingerprint density at radius 1 is 1.22 bits per heavy atom. The summed E-state index contributed by atoms with van der Waals surface area (Å²) in [5, 5.41) is 3.44. The van der Waals surface area contributed by atoms with Crippen LogP contribution in [0.4, 0.5) is 0 Å². The largest absolute Gasteiger partial charge is 0.455 e. The predicted octanol–water partition coefficient (Wildman–Crippen LogP) is 3.91. The van der Waals surface area contributed by atoms with Gasteiger partial charge in [-0.2, -0.15) is 0 Å². The molecule has 0 radical (unpaired) electrons. The molecule has 1 saturated carbocycles. The number of furan rings is 1. The minimum atomic E-state index is -1.31. The Morgan fingerprint density at radius 3 is 2.70 bits per heavy atom. The van der Waals surface area contributed by atoms with Crippen LogP contribution in [0.25, 0.3) is 0 Å². The van der Waals surface area contributed by atoms with Crippen LogP contribution in [-0.4, -0.2) is 16.2 Å². The van der Waals surface area contributed by atoms with E-state index in [1.807, 2.05) is 0 Å². The maximum absolute atomic E-state index is 12.4. The van der Waals surface area contributed by atoms with Gasteiger partial charge in [0.05, 0.1) is 26.5 Å². The fraction of sp³-hybridized carbons (Fsp3) is 0.353. The number of rotatable bonds is 5. The zero-order chi connectivity index (χ0) is 16.2. The molecule has 1 aliphatic carbocycles. The van der Waals surface area contributed by atoms with Gasteiger partial charge >= 0.3 is 0 Å². The van der Waals surface area contributed by atoms with Crippen molar-refractivity contribution in [3.63, 3.8) is 0 Å². The second-order valence-electron chi connectivity index (χ2n) is 5.64. The van der Waals surface area contributed by atoms with Gasteiger partial charge in [-0.1, -0.05) is 36.6 Å². The molecule has 1 fully saturated rings. The minimum Gasteiger partial charge on any atom is -0.455 e. The summed E-state index contributed by atoms with van der Waals surface area (Å²) in [5.41, 5.74) is 0. The van der Waals surface area contributed by atoms with E-state index in [2.05, 4.69) is 5.32 Å². The molecular weight excluding hydrogens is 334 g/mol. The number of halogens is 1. The molecular formula is C17H18ClNO3S. The highest BCUT2D eigenvalue weighted by atomic mass is 35.5. The molecule has 1 aliphatic rings. The Hall–Kier alpha value is -1.59. The molecule has 0 bridgehead atoms. The van der Waals surface area contributed by atoms with Crippen LogP contribution in [-0.2, 0) is 16.6 Å². The van der Waals surface area contributed by atoms with Crippen molar-refractivity contribution >= 4 is 28.3 Å². The van der Waals surface area contributed by atoms with Gasteiger partial charge in [0.2, 0.25) is 0 Å². The van der Waals surface area contributed by atoms with E-state index in [1.165, 1.54) is 0 Å². The van der Waals surface area contributed by atoms with Crippen molar-refractivity contribution in [2.45, 2.75) is 42.4 Å². The molecule has 1 atom stereocenters. The lowest BCUT2D eigenvalue weighted by Gasteiger charge is -2.09. The standard InChI is InChI=1S/C17H18ClNO3S/c18-14-7-3-4-8-16(14)23(21)11-13-9-10-15(22-13)17(20)19-12-5-1-2-6-12/h3-4,7-10,12H,1-2,5-6,11H2,(H,19,20)/t23-/m0/s1. The van der Waals surface area contributed by atoms with Crippen LogP contribution >= 0.6 is 11.6 Å². The van der Waals surface area contributed by atoms with E-state index in [0.29, 0.717) is 15.7 Å². The van der Waals surface area contributed by atoms with Crippen LogP contribution in [0.15, 0.2) is 45.7 Å². The van der Waals surface area contributed by atoms with Crippen molar-refractivity contribution < 1.29 is 13.4 Å². The number of carbonyl (C=O) groups excluding carboxylic acids is 1. The third kappa shape index (κ3) is 4.03. The molecule has 23 heavy (non-hydrogen) atoms. The normalized spacial score (nSPS) is 16.4. The van der Waals surface area contributed by atoms with E-state index in [0.717, 1.165) is 25.7 Å². The summed E-state index contributed by atoms with van der Waals surface area (Å²) in [7, 11) is -1.31. The van der Waals surface area contributed by atoms with Crippen molar-refractivity contribution in [3.05, 3.63) is 52.9 Å². The lowest BCUT2D eigenvalue weighted by atomic mass is 10.2. The van der Waals surface area contributed by atoms with Crippen LogP contribution in [0.3, 0.4) is 0 Å². The second-order valence-corrected chi connectivity index (χ2v) is 7.47. The summed E-state index contributed by atoms with van der Waals surface area (Å²) in [6.45, 7) is 0. The highest BCUT2D eigenvalue weighted by Gasteiger charge is 2.20. The second kappa shape index (κ2) is 7.32. The monoisotopic (exact) mass is 351 g/mol. The van der Waals surface area contributed by atoms with E-state index >= 15 is 0 Å². The van der Waals surface area contributed by atoms with Crippen LogP contribution in [0.5, 0.6) is 0 Å². The number of hydrogen-bond acceptors (Lipinski definition) is 3. The number of amides is 1. The summed E-state index contributed by atoms with van der Waals surface area (Å²) in [6.07, 6.45) is 4.36. The maximum atomic E-state index is 12.4. The van der Waals surface area contributed by atoms with E-state index in [-0.39, 0.29) is 23.5 Å². The van der Waals surface area contributed by atoms with Crippen molar-refractivity contribution in [1.82, 2.24) is 5.32 Å². The van der Waals surface area contributed by atoms with Gasteiger partial charge in [0, 0.05) is 6.04 Å². The average molecular weight is 352 g/mol. The van der Waals surface area contributed by atoms with Crippen LogP contribution in [0.2, 0.25) is 5.02 Å². The summed E-state index contributed by atoms with van der Waals surface area (Å²) >= 11 is 6.05. The van der Waals surface area contributed by atoms with Gasteiger partial charge in [0.25, 0.3) is 5.91 Å². The molecule has 122 valence electrons. The fourth-order valence-corrected chi connectivity index (χ4v) is 4.22. The predicted molar refractivity (Wildman–Crippen MR) is 90.0 cm³/mol. The van der Waals surface area contributed by atoms with E-state index in [9.17, 15) is 9.00 Å². The highest BCUT2D eigenvalue weighted by Crippen LogP contribution is 2.22. The average Bonchev–Trinajstić information content (AvgIpc) is 3.19. The SMILES string of the molecule is O=C(NC1CCCC1)c1ccc(C[S@](=O)c2ccccc2Cl)o1. The molecule has 6 heteroatoms. The van der Waals surface area contributed by atoms with E-state index < -0.39 is 10.8 Å². The minimum absolute atomic E-state index is 0.195. The quantitative estimate of drug-likeness (QED) is 0.888. The highest BCUT2D eigenvalue weighted by molar-refractivity contribution is 7.84. The fourth-order valence-electron chi connectivity index (χ4n) is 2.74. The molecule has 4 nitrogen and oxygen atoms in total. The van der Waals surface area contributed by atoms with Gasteiger partial charge in [-0.25, -0.2) is 0 Å². The number of benzene rings is 1. The number of hydrogen-bond donors (Lipinski definition) is 1. The van der Waals surface area contributed by atoms with Gasteiger partial charge in [-0.15, -0.1) is 0 Å². The Labute approximate surface area is 142 Å². The van der Waals surface area contributed by atoms with Gasteiger partial charge < -0.3 is 9.73 Å². The summed E-state index contributed by atoms with van der Waals surface area (Å²) in [5.74, 6) is 0.773. The lowest BCUT2D eigenvalue weighted by Crippen LogP contribution is -2.32. The van der Waals surface area contributed by atoms with E-state index in [4.69, 9.17) is 16.0 Å².